The molecule has 6 nitrogen and oxygen atoms in total. The zero-order chi connectivity index (χ0) is 13.4. The molecule has 0 saturated carbocycles. The minimum absolute atomic E-state index is 0.116. The van der Waals surface area contributed by atoms with Gasteiger partial charge in [-0.1, -0.05) is 13.8 Å². The number of hydrogen-bond acceptors (Lipinski definition) is 3. The lowest BCUT2D eigenvalue weighted by Crippen LogP contribution is -2.41. The first-order valence-electron chi connectivity index (χ1n) is 5.59. The summed E-state index contributed by atoms with van der Waals surface area (Å²) in [7, 11) is 0. The molecular formula is C11H20N2O4. The van der Waals surface area contributed by atoms with Gasteiger partial charge in [0.25, 0.3) is 0 Å². The van der Waals surface area contributed by atoms with Crippen LogP contribution < -0.4 is 10.6 Å². The topological polar surface area (TPSA) is 95.5 Å². The van der Waals surface area contributed by atoms with Gasteiger partial charge in [-0.25, -0.2) is 0 Å². The Morgan fingerprint density at radius 2 is 1.65 bits per heavy atom. The van der Waals surface area contributed by atoms with Crippen LogP contribution in [0, 0.1) is 5.92 Å². The predicted molar refractivity (Wildman–Crippen MR) is 62.3 cm³/mol. The molecule has 0 aromatic carbocycles. The Hall–Kier alpha value is -1.59. The lowest BCUT2D eigenvalue weighted by atomic mass is 10.1. The molecule has 0 saturated heterocycles. The van der Waals surface area contributed by atoms with Gasteiger partial charge in [0.2, 0.25) is 11.8 Å². The van der Waals surface area contributed by atoms with E-state index in [1.807, 2.05) is 13.8 Å². The molecule has 0 aliphatic carbocycles. The smallest absolute Gasteiger partial charge is 0.305 e. The van der Waals surface area contributed by atoms with Crippen LogP contribution in [0.25, 0.3) is 0 Å². The predicted octanol–water partition coefficient (Wildman–Crippen LogP) is 0.128. The quantitative estimate of drug-likeness (QED) is 0.593. The molecule has 0 heterocycles. The second-order valence-electron chi connectivity index (χ2n) is 4.44. The number of rotatable bonds is 7. The van der Waals surface area contributed by atoms with E-state index >= 15 is 0 Å². The van der Waals surface area contributed by atoms with Gasteiger partial charge >= 0.3 is 5.97 Å². The summed E-state index contributed by atoms with van der Waals surface area (Å²) in [4.78, 5) is 32.9. The molecule has 0 aliphatic heterocycles. The summed E-state index contributed by atoms with van der Waals surface area (Å²) in [5.41, 5.74) is 0. The molecule has 0 aliphatic rings. The number of carbonyl (C=O) groups is 3. The normalized spacial score (nSPS) is 12.0. The van der Waals surface area contributed by atoms with Crippen LogP contribution >= 0.6 is 0 Å². The fourth-order valence-electron chi connectivity index (χ4n) is 1.26. The Labute approximate surface area is 101 Å². The van der Waals surface area contributed by atoms with Gasteiger partial charge in [-0.15, -0.1) is 0 Å². The maximum absolute atomic E-state index is 11.3. The van der Waals surface area contributed by atoms with E-state index in [0.29, 0.717) is 6.42 Å². The molecule has 3 N–H and O–H groups in total. The molecule has 6 heteroatoms. The molecular weight excluding hydrogens is 224 g/mol. The highest BCUT2D eigenvalue weighted by molar-refractivity contribution is 5.85. The van der Waals surface area contributed by atoms with Gasteiger partial charge in [0.15, 0.2) is 0 Å². The highest BCUT2D eigenvalue weighted by atomic mass is 16.4. The van der Waals surface area contributed by atoms with Gasteiger partial charge in [0.05, 0.1) is 13.0 Å². The van der Waals surface area contributed by atoms with Crippen LogP contribution in [0.1, 0.15) is 33.6 Å². The minimum Gasteiger partial charge on any atom is -0.481 e. The van der Waals surface area contributed by atoms with Crippen LogP contribution in [0.3, 0.4) is 0 Å². The Morgan fingerprint density at radius 3 is 2.12 bits per heavy atom. The Morgan fingerprint density at radius 1 is 1.06 bits per heavy atom. The second-order valence-corrected chi connectivity index (χ2v) is 4.44. The van der Waals surface area contributed by atoms with E-state index in [4.69, 9.17) is 5.11 Å². The van der Waals surface area contributed by atoms with E-state index < -0.39 is 12.0 Å². The van der Waals surface area contributed by atoms with Crippen molar-refractivity contribution in [1.29, 1.82) is 0 Å². The third-order valence-electron chi connectivity index (χ3n) is 1.93. The molecule has 0 spiro atoms. The number of hydrogen-bond donors (Lipinski definition) is 3. The van der Waals surface area contributed by atoms with E-state index in [9.17, 15) is 14.4 Å². The summed E-state index contributed by atoms with van der Waals surface area (Å²) in [6, 6.07) is -0.443. The summed E-state index contributed by atoms with van der Waals surface area (Å²) in [5.74, 6) is -1.29. The third kappa shape index (κ3) is 9.35. The van der Waals surface area contributed by atoms with Gasteiger partial charge in [-0.2, -0.15) is 0 Å². The maximum Gasteiger partial charge on any atom is 0.305 e. The van der Waals surface area contributed by atoms with Crippen LogP contribution in [-0.2, 0) is 14.4 Å². The zero-order valence-electron chi connectivity index (χ0n) is 10.4. The van der Waals surface area contributed by atoms with Crippen LogP contribution in [0.2, 0.25) is 0 Å². The molecule has 2 amide bonds. The van der Waals surface area contributed by atoms with Crippen LogP contribution in [0.5, 0.6) is 0 Å². The average Bonchev–Trinajstić information content (AvgIpc) is 2.12. The molecule has 1 unspecified atom stereocenters. The molecule has 0 rings (SSSR count). The third-order valence-corrected chi connectivity index (χ3v) is 1.93. The van der Waals surface area contributed by atoms with Crippen LogP contribution in [0.15, 0.2) is 0 Å². The SMILES string of the molecule is CC(C)CC(=O)NCC(=O)NC(C)CC(=O)O. The fraction of sp³-hybridized carbons (Fsp3) is 0.727. The molecule has 0 aromatic heterocycles. The van der Waals surface area contributed by atoms with Crippen molar-refractivity contribution in [2.24, 2.45) is 5.92 Å². The van der Waals surface area contributed by atoms with Gasteiger partial charge in [0.1, 0.15) is 0 Å². The maximum atomic E-state index is 11.3. The number of carboxylic acids is 1. The summed E-state index contributed by atoms with van der Waals surface area (Å²) in [5, 5.41) is 13.5. The van der Waals surface area contributed by atoms with E-state index in [1.165, 1.54) is 0 Å². The first kappa shape index (κ1) is 15.4. The number of nitrogens with one attached hydrogen (secondary N) is 2. The minimum atomic E-state index is -0.971. The van der Waals surface area contributed by atoms with Crippen molar-refractivity contribution in [1.82, 2.24) is 10.6 Å². The largest absolute Gasteiger partial charge is 0.481 e. The highest BCUT2D eigenvalue weighted by Gasteiger charge is 2.12. The Balaban J connectivity index is 3.79. The molecule has 17 heavy (non-hydrogen) atoms. The van der Waals surface area contributed by atoms with E-state index in [0.717, 1.165) is 0 Å². The zero-order valence-corrected chi connectivity index (χ0v) is 10.4. The van der Waals surface area contributed by atoms with Gasteiger partial charge in [-0.05, 0) is 12.8 Å². The van der Waals surface area contributed by atoms with Crippen molar-refractivity contribution >= 4 is 17.8 Å². The van der Waals surface area contributed by atoms with Crippen molar-refractivity contribution in [3.05, 3.63) is 0 Å². The number of carboxylic acid groups (broad SMARTS) is 1. The van der Waals surface area contributed by atoms with Crippen molar-refractivity contribution in [2.75, 3.05) is 6.54 Å². The number of carbonyl (C=O) groups excluding carboxylic acids is 2. The monoisotopic (exact) mass is 244 g/mol. The molecule has 0 aromatic rings. The molecule has 0 bridgehead atoms. The summed E-state index contributed by atoms with van der Waals surface area (Å²) in [6.45, 7) is 5.31. The Bertz CT molecular complexity index is 289. The summed E-state index contributed by atoms with van der Waals surface area (Å²) < 4.78 is 0. The van der Waals surface area contributed by atoms with E-state index in [1.54, 1.807) is 6.92 Å². The molecule has 98 valence electrons. The summed E-state index contributed by atoms with van der Waals surface area (Å²) >= 11 is 0. The lowest BCUT2D eigenvalue weighted by Gasteiger charge is -2.12. The standard InChI is InChI=1S/C11H20N2O4/c1-7(2)4-9(14)12-6-10(15)13-8(3)5-11(16)17/h7-8H,4-6H2,1-3H3,(H,12,14)(H,13,15)(H,16,17). The highest BCUT2D eigenvalue weighted by Crippen LogP contribution is 1.97. The first-order valence-corrected chi connectivity index (χ1v) is 5.59. The fourth-order valence-corrected chi connectivity index (χ4v) is 1.26. The second kappa shape index (κ2) is 7.65. The van der Waals surface area contributed by atoms with Crippen LogP contribution in [-0.4, -0.2) is 35.5 Å². The van der Waals surface area contributed by atoms with Crippen molar-refractivity contribution in [3.8, 4) is 0 Å². The van der Waals surface area contributed by atoms with Crippen molar-refractivity contribution in [2.45, 2.75) is 39.7 Å². The number of aliphatic carboxylic acids is 1. The van der Waals surface area contributed by atoms with Crippen molar-refractivity contribution < 1.29 is 19.5 Å². The van der Waals surface area contributed by atoms with Gasteiger partial charge < -0.3 is 15.7 Å². The van der Waals surface area contributed by atoms with E-state index in [2.05, 4.69) is 10.6 Å². The number of amides is 2. The van der Waals surface area contributed by atoms with Gasteiger partial charge in [0, 0.05) is 12.5 Å². The van der Waals surface area contributed by atoms with Crippen molar-refractivity contribution in [3.63, 3.8) is 0 Å². The molecule has 0 fully saturated rings. The molecule has 1 atom stereocenters. The van der Waals surface area contributed by atoms with Gasteiger partial charge in [-0.3, -0.25) is 14.4 Å². The van der Waals surface area contributed by atoms with E-state index in [-0.39, 0.29) is 30.7 Å². The average molecular weight is 244 g/mol. The Kier molecular flexibility index (Phi) is 6.93. The summed E-state index contributed by atoms with van der Waals surface area (Å²) in [6.07, 6.45) is 0.240. The molecule has 0 radical (unpaired) electrons. The first-order chi connectivity index (χ1) is 7.81. The van der Waals surface area contributed by atoms with Crippen LogP contribution in [0.4, 0.5) is 0 Å². The lowest BCUT2D eigenvalue weighted by molar-refractivity contribution is -0.137.